The molecule has 1 amide bonds. The Labute approximate surface area is 135 Å². The number of nitrogens with zero attached hydrogens (tertiary/aromatic N) is 1. The summed E-state index contributed by atoms with van der Waals surface area (Å²) in [4.78, 5) is 12.3. The maximum Gasteiger partial charge on any atom is 0.230 e. The fraction of sp³-hybridized carbons (Fsp3) is 0.263. The Morgan fingerprint density at radius 2 is 1.87 bits per heavy atom. The van der Waals surface area contributed by atoms with Gasteiger partial charge in [-0.15, -0.1) is 0 Å². The van der Waals surface area contributed by atoms with Gasteiger partial charge in [0.25, 0.3) is 0 Å². The normalized spacial score (nSPS) is 11.6. The second kappa shape index (κ2) is 5.88. The number of aromatic nitrogens is 1. The lowest BCUT2D eigenvalue weighted by Gasteiger charge is -2.12. The van der Waals surface area contributed by atoms with Gasteiger partial charge in [0, 0.05) is 11.5 Å². The molecule has 0 aliphatic carbocycles. The van der Waals surface area contributed by atoms with E-state index in [1.165, 1.54) is 0 Å². The van der Waals surface area contributed by atoms with E-state index in [4.69, 9.17) is 4.52 Å². The molecule has 0 unspecified atom stereocenters. The van der Waals surface area contributed by atoms with Gasteiger partial charge in [0.1, 0.15) is 5.76 Å². The average molecular weight is 308 g/mol. The van der Waals surface area contributed by atoms with Gasteiger partial charge in [-0.3, -0.25) is 4.79 Å². The van der Waals surface area contributed by atoms with Crippen molar-refractivity contribution >= 4 is 22.5 Å². The van der Waals surface area contributed by atoms with E-state index >= 15 is 0 Å². The van der Waals surface area contributed by atoms with Crippen molar-refractivity contribution in [1.29, 1.82) is 0 Å². The van der Waals surface area contributed by atoms with Crippen LogP contribution in [0, 0.1) is 0 Å². The summed E-state index contributed by atoms with van der Waals surface area (Å²) in [5, 5.41) is 8.95. The quantitative estimate of drug-likeness (QED) is 0.784. The molecule has 0 bridgehead atoms. The number of carbonyl (C=O) groups is 1. The first-order valence-electron chi connectivity index (χ1n) is 7.67. The van der Waals surface area contributed by atoms with Crippen molar-refractivity contribution in [2.24, 2.45) is 0 Å². The Hall–Kier alpha value is -2.62. The Kier molecular flexibility index (Phi) is 3.90. The Morgan fingerprint density at radius 3 is 2.61 bits per heavy atom. The smallest absolute Gasteiger partial charge is 0.230 e. The molecule has 0 spiro atoms. The van der Waals surface area contributed by atoms with Crippen LogP contribution in [-0.4, -0.2) is 11.1 Å². The molecule has 0 atom stereocenters. The fourth-order valence-corrected chi connectivity index (χ4v) is 2.49. The number of benzene rings is 2. The third-order valence-electron chi connectivity index (χ3n) is 3.75. The van der Waals surface area contributed by atoms with E-state index in [9.17, 15) is 4.79 Å². The number of hydrogen-bond acceptors (Lipinski definition) is 3. The lowest BCUT2D eigenvalue weighted by atomic mass is 9.93. The van der Waals surface area contributed by atoms with Crippen LogP contribution in [0.4, 0.5) is 5.82 Å². The molecule has 23 heavy (non-hydrogen) atoms. The van der Waals surface area contributed by atoms with Crippen LogP contribution in [0.5, 0.6) is 0 Å². The predicted molar refractivity (Wildman–Crippen MR) is 91.5 cm³/mol. The van der Waals surface area contributed by atoms with Gasteiger partial charge in [0.15, 0.2) is 5.82 Å². The van der Waals surface area contributed by atoms with Gasteiger partial charge in [-0.05, 0) is 16.3 Å². The molecule has 0 aliphatic heterocycles. The summed E-state index contributed by atoms with van der Waals surface area (Å²) >= 11 is 0. The van der Waals surface area contributed by atoms with Crippen molar-refractivity contribution in [3.63, 3.8) is 0 Å². The van der Waals surface area contributed by atoms with E-state index < -0.39 is 0 Å². The van der Waals surface area contributed by atoms with Gasteiger partial charge in [-0.1, -0.05) is 68.4 Å². The zero-order valence-electron chi connectivity index (χ0n) is 13.6. The van der Waals surface area contributed by atoms with Crippen LogP contribution < -0.4 is 5.32 Å². The van der Waals surface area contributed by atoms with E-state index in [1.807, 2.05) is 63.2 Å². The minimum atomic E-state index is -0.133. The first-order chi connectivity index (χ1) is 10.9. The maximum absolute atomic E-state index is 12.3. The Bertz CT molecular complexity index is 838. The third kappa shape index (κ3) is 3.42. The van der Waals surface area contributed by atoms with Crippen LogP contribution in [0.1, 0.15) is 32.1 Å². The van der Waals surface area contributed by atoms with Gasteiger partial charge >= 0.3 is 0 Å². The van der Waals surface area contributed by atoms with E-state index in [0.29, 0.717) is 12.2 Å². The Balaban J connectivity index is 1.75. The molecule has 118 valence electrons. The van der Waals surface area contributed by atoms with Crippen LogP contribution in [-0.2, 0) is 16.6 Å². The number of nitrogens with one attached hydrogen (secondary N) is 1. The predicted octanol–water partition coefficient (Wildman–Crippen LogP) is 4.31. The maximum atomic E-state index is 12.3. The van der Waals surface area contributed by atoms with Crippen LogP contribution in [0.15, 0.2) is 53.1 Å². The highest BCUT2D eigenvalue weighted by Crippen LogP contribution is 2.24. The molecular weight excluding hydrogens is 288 g/mol. The van der Waals surface area contributed by atoms with Gasteiger partial charge < -0.3 is 9.84 Å². The summed E-state index contributed by atoms with van der Waals surface area (Å²) < 4.78 is 5.29. The van der Waals surface area contributed by atoms with E-state index in [2.05, 4.69) is 10.5 Å². The number of rotatable bonds is 3. The number of hydrogen-bond donors (Lipinski definition) is 1. The topological polar surface area (TPSA) is 55.1 Å². The highest BCUT2D eigenvalue weighted by Gasteiger charge is 2.20. The second-order valence-corrected chi connectivity index (χ2v) is 6.69. The summed E-state index contributed by atoms with van der Waals surface area (Å²) in [6.07, 6.45) is 0.305. The number of carbonyl (C=O) groups excluding carboxylic acids is 1. The van der Waals surface area contributed by atoms with Crippen LogP contribution in [0.3, 0.4) is 0 Å². The molecule has 4 nitrogen and oxygen atoms in total. The monoisotopic (exact) mass is 308 g/mol. The lowest BCUT2D eigenvalue weighted by molar-refractivity contribution is -0.115. The zero-order valence-corrected chi connectivity index (χ0v) is 13.6. The van der Waals surface area contributed by atoms with E-state index in [1.54, 1.807) is 6.07 Å². The van der Waals surface area contributed by atoms with Crippen molar-refractivity contribution < 1.29 is 9.32 Å². The van der Waals surface area contributed by atoms with Crippen molar-refractivity contribution in [1.82, 2.24) is 5.16 Å². The van der Waals surface area contributed by atoms with Crippen molar-refractivity contribution in [2.75, 3.05) is 5.32 Å². The molecule has 1 aromatic heterocycles. The minimum Gasteiger partial charge on any atom is -0.359 e. The fourth-order valence-electron chi connectivity index (χ4n) is 2.49. The van der Waals surface area contributed by atoms with Crippen LogP contribution in [0.25, 0.3) is 10.8 Å². The summed E-state index contributed by atoms with van der Waals surface area (Å²) in [7, 11) is 0. The van der Waals surface area contributed by atoms with Gasteiger partial charge in [-0.25, -0.2) is 0 Å². The number of fused-ring (bicyclic) bond motifs is 1. The molecule has 2 aromatic carbocycles. The number of anilines is 1. The standard InChI is InChI=1S/C19H20N2O2/c1-19(2,3)16-12-17(21-23-16)20-18(22)11-14-9-6-8-13-7-4-5-10-15(13)14/h4-10,12H,11H2,1-3H3,(H,20,21,22). The van der Waals surface area contributed by atoms with Gasteiger partial charge in [0.2, 0.25) is 5.91 Å². The van der Waals surface area contributed by atoms with Gasteiger partial charge in [-0.2, -0.15) is 0 Å². The minimum absolute atomic E-state index is 0.102. The molecule has 0 fully saturated rings. The van der Waals surface area contributed by atoms with E-state index in [-0.39, 0.29) is 11.3 Å². The molecular formula is C19H20N2O2. The SMILES string of the molecule is CC(C)(C)c1cc(NC(=O)Cc2cccc3ccccc23)no1. The second-order valence-electron chi connectivity index (χ2n) is 6.69. The molecule has 1 N–H and O–H groups in total. The van der Waals surface area contributed by atoms with Crippen molar-refractivity contribution in [2.45, 2.75) is 32.6 Å². The van der Waals surface area contributed by atoms with Crippen LogP contribution >= 0.6 is 0 Å². The third-order valence-corrected chi connectivity index (χ3v) is 3.75. The highest BCUT2D eigenvalue weighted by molar-refractivity contribution is 5.95. The number of amides is 1. The van der Waals surface area contributed by atoms with Crippen LogP contribution in [0.2, 0.25) is 0 Å². The molecule has 0 saturated heterocycles. The highest BCUT2D eigenvalue weighted by atomic mass is 16.5. The molecule has 3 rings (SSSR count). The van der Waals surface area contributed by atoms with Gasteiger partial charge in [0.05, 0.1) is 6.42 Å². The molecule has 4 heteroatoms. The molecule has 1 heterocycles. The first-order valence-corrected chi connectivity index (χ1v) is 7.67. The summed E-state index contributed by atoms with van der Waals surface area (Å²) in [5.74, 6) is 1.10. The molecule has 0 aliphatic rings. The molecule has 3 aromatic rings. The zero-order chi connectivity index (χ0) is 16.4. The van der Waals surface area contributed by atoms with Crippen molar-refractivity contribution in [3.05, 3.63) is 59.9 Å². The molecule has 0 radical (unpaired) electrons. The summed E-state index contributed by atoms with van der Waals surface area (Å²) in [5.41, 5.74) is 0.867. The van der Waals surface area contributed by atoms with E-state index in [0.717, 1.165) is 22.1 Å². The average Bonchev–Trinajstić information content (AvgIpc) is 2.96. The first kappa shape index (κ1) is 15.3. The summed E-state index contributed by atoms with van der Waals surface area (Å²) in [6, 6.07) is 15.8. The summed E-state index contributed by atoms with van der Waals surface area (Å²) in [6.45, 7) is 6.11. The molecule has 0 saturated carbocycles. The largest absolute Gasteiger partial charge is 0.359 e. The Morgan fingerprint density at radius 1 is 1.13 bits per heavy atom. The van der Waals surface area contributed by atoms with Crippen molar-refractivity contribution in [3.8, 4) is 0 Å². The lowest BCUT2D eigenvalue weighted by Crippen LogP contribution is -2.15.